The highest BCUT2D eigenvalue weighted by Gasteiger charge is 2.32. The zero-order valence-electron chi connectivity index (χ0n) is 18.5. The number of hydrogen-bond acceptors (Lipinski definition) is 6. The number of ketones is 2. The SMILES string of the molecule is CC(=O)OCC(C)C(CCc1c(C)ccc2c1C(=O)C(=O)C(C(C)C)=C2)OC(C)=O. The Morgan fingerprint density at radius 2 is 1.67 bits per heavy atom. The van der Waals surface area contributed by atoms with Crippen molar-refractivity contribution in [1.82, 2.24) is 0 Å². The van der Waals surface area contributed by atoms with Crippen LogP contribution in [0.15, 0.2) is 17.7 Å². The van der Waals surface area contributed by atoms with Crippen molar-refractivity contribution < 1.29 is 28.7 Å². The van der Waals surface area contributed by atoms with Gasteiger partial charge in [0.05, 0.1) is 6.61 Å². The van der Waals surface area contributed by atoms with Gasteiger partial charge in [0.25, 0.3) is 0 Å². The van der Waals surface area contributed by atoms with Crippen molar-refractivity contribution in [3.8, 4) is 0 Å². The smallest absolute Gasteiger partial charge is 0.302 e. The van der Waals surface area contributed by atoms with Crippen LogP contribution >= 0.6 is 0 Å². The molecule has 162 valence electrons. The standard InChI is InChI=1S/C24H30O6/c1-13(2)20-11-18-8-7-14(3)19(22(18)24(28)23(20)27)9-10-21(30-17(6)26)15(4)12-29-16(5)25/h7-8,11,13,15,21H,9-10,12H2,1-6H3. The Balaban J connectivity index is 2.33. The number of ether oxygens (including phenoxy) is 2. The average Bonchev–Trinajstić information content (AvgIpc) is 2.66. The van der Waals surface area contributed by atoms with Crippen molar-refractivity contribution >= 4 is 29.6 Å². The maximum Gasteiger partial charge on any atom is 0.302 e. The fourth-order valence-corrected chi connectivity index (χ4v) is 3.70. The first-order valence-electron chi connectivity index (χ1n) is 10.3. The molecule has 30 heavy (non-hydrogen) atoms. The number of fused-ring (bicyclic) bond motifs is 1. The first-order valence-corrected chi connectivity index (χ1v) is 10.3. The molecule has 0 saturated heterocycles. The monoisotopic (exact) mass is 414 g/mol. The number of aryl methyl sites for hydroxylation is 1. The van der Waals surface area contributed by atoms with Gasteiger partial charge in [-0.2, -0.15) is 0 Å². The molecule has 1 aliphatic rings. The van der Waals surface area contributed by atoms with E-state index in [-0.39, 0.29) is 18.4 Å². The van der Waals surface area contributed by atoms with Gasteiger partial charge in [0.15, 0.2) is 0 Å². The summed E-state index contributed by atoms with van der Waals surface area (Å²) < 4.78 is 10.5. The van der Waals surface area contributed by atoms with Gasteiger partial charge in [-0.3, -0.25) is 19.2 Å². The highest BCUT2D eigenvalue weighted by molar-refractivity contribution is 6.52. The number of esters is 2. The summed E-state index contributed by atoms with van der Waals surface area (Å²) >= 11 is 0. The second kappa shape index (κ2) is 9.83. The molecule has 0 heterocycles. The van der Waals surface area contributed by atoms with Crippen LogP contribution in [0, 0.1) is 18.8 Å². The summed E-state index contributed by atoms with van der Waals surface area (Å²) in [5.41, 5.74) is 3.42. The second-order valence-electron chi connectivity index (χ2n) is 8.20. The normalized spacial score (nSPS) is 15.4. The third kappa shape index (κ3) is 5.43. The van der Waals surface area contributed by atoms with Crippen molar-refractivity contribution in [3.63, 3.8) is 0 Å². The van der Waals surface area contributed by atoms with E-state index in [1.165, 1.54) is 13.8 Å². The van der Waals surface area contributed by atoms with E-state index in [0.29, 0.717) is 24.0 Å². The maximum atomic E-state index is 12.9. The maximum absolute atomic E-state index is 12.9. The van der Waals surface area contributed by atoms with Crippen molar-refractivity contribution in [2.45, 2.75) is 60.5 Å². The van der Waals surface area contributed by atoms with E-state index >= 15 is 0 Å². The highest BCUT2D eigenvalue weighted by atomic mass is 16.6. The molecule has 1 aliphatic carbocycles. The molecule has 0 aromatic heterocycles. The van der Waals surface area contributed by atoms with Gasteiger partial charge in [0, 0.05) is 30.9 Å². The van der Waals surface area contributed by atoms with Gasteiger partial charge in [-0.25, -0.2) is 0 Å². The largest absolute Gasteiger partial charge is 0.465 e. The Morgan fingerprint density at radius 1 is 1.00 bits per heavy atom. The lowest BCUT2D eigenvalue weighted by Gasteiger charge is -2.25. The van der Waals surface area contributed by atoms with Crippen LogP contribution in [-0.2, 0) is 30.3 Å². The van der Waals surface area contributed by atoms with E-state index in [1.54, 1.807) is 6.08 Å². The predicted molar refractivity (Wildman–Crippen MR) is 113 cm³/mol. The number of hydrogen-bond donors (Lipinski definition) is 0. The molecule has 0 fully saturated rings. The van der Waals surface area contributed by atoms with E-state index < -0.39 is 29.6 Å². The lowest BCUT2D eigenvalue weighted by Crippen LogP contribution is -2.30. The molecule has 0 amide bonds. The highest BCUT2D eigenvalue weighted by Crippen LogP contribution is 2.31. The number of Topliss-reactive ketones (excluding diaryl/α,β-unsaturated/α-hetero) is 2. The molecule has 1 aromatic rings. The van der Waals surface area contributed by atoms with Crippen LogP contribution in [0.1, 0.15) is 68.1 Å². The van der Waals surface area contributed by atoms with Crippen LogP contribution in [0.25, 0.3) is 6.08 Å². The number of rotatable bonds is 8. The predicted octanol–water partition coefficient (Wildman–Crippen LogP) is 3.86. The summed E-state index contributed by atoms with van der Waals surface area (Å²) in [4.78, 5) is 48.2. The summed E-state index contributed by atoms with van der Waals surface area (Å²) in [6, 6.07) is 3.81. The minimum atomic E-state index is -0.480. The fourth-order valence-electron chi connectivity index (χ4n) is 3.70. The van der Waals surface area contributed by atoms with E-state index in [0.717, 1.165) is 16.7 Å². The van der Waals surface area contributed by atoms with Gasteiger partial charge in [-0.05, 0) is 48.4 Å². The van der Waals surface area contributed by atoms with Gasteiger partial charge in [0.2, 0.25) is 11.6 Å². The Morgan fingerprint density at radius 3 is 2.23 bits per heavy atom. The number of allylic oxidation sites excluding steroid dienone is 1. The number of carbonyl (C=O) groups is 4. The van der Waals surface area contributed by atoms with E-state index in [9.17, 15) is 19.2 Å². The topological polar surface area (TPSA) is 86.7 Å². The van der Waals surface area contributed by atoms with Gasteiger partial charge in [0.1, 0.15) is 6.10 Å². The molecule has 0 aliphatic heterocycles. The van der Waals surface area contributed by atoms with Crippen LogP contribution in [0.3, 0.4) is 0 Å². The molecule has 0 bridgehead atoms. The average molecular weight is 414 g/mol. The zero-order valence-corrected chi connectivity index (χ0v) is 18.5. The molecule has 2 rings (SSSR count). The van der Waals surface area contributed by atoms with Gasteiger partial charge < -0.3 is 9.47 Å². The van der Waals surface area contributed by atoms with Crippen LogP contribution in [0.2, 0.25) is 0 Å². The lowest BCUT2D eigenvalue weighted by molar-refractivity contribution is -0.152. The van der Waals surface area contributed by atoms with Crippen LogP contribution in [0.5, 0.6) is 0 Å². The van der Waals surface area contributed by atoms with Crippen molar-refractivity contribution in [2.24, 2.45) is 11.8 Å². The Labute approximate surface area is 177 Å². The number of carbonyl (C=O) groups excluding carboxylic acids is 4. The van der Waals surface area contributed by atoms with E-state index in [2.05, 4.69) is 0 Å². The Kier molecular flexibility index (Phi) is 7.71. The molecular weight excluding hydrogens is 384 g/mol. The summed E-state index contributed by atoms with van der Waals surface area (Å²) in [6.45, 7) is 10.3. The molecule has 0 radical (unpaired) electrons. The Bertz CT molecular complexity index is 893. The minimum absolute atomic E-state index is 0.0326. The van der Waals surface area contributed by atoms with Gasteiger partial charge in [-0.1, -0.05) is 32.9 Å². The van der Waals surface area contributed by atoms with Gasteiger partial charge >= 0.3 is 11.9 Å². The quantitative estimate of drug-likeness (QED) is 0.474. The van der Waals surface area contributed by atoms with Crippen molar-refractivity contribution in [1.29, 1.82) is 0 Å². The van der Waals surface area contributed by atoms with E-state index in [4.69, 9.17) is 9.47 Å². The second-order valence-corrected chi connectivity index (χ2v) is 8.20. The van der Waals surface area contributed by atoms with Gasteiger partial charge in [-0.15, -0.1) is 0 Å². The Hall–Kier alpha value is -2.76. The molecule has 2 unspecified atom stereocenters. The minimum Gasteiger partial charge on any atom is -0.465 e. The lowest BCUT2D eigenvalue weighted by atomic mass is 9.80. The van der Waals surface area contributed by atoms with E-state index in [1.807, 2.05) is 39.8 Å². The third-order valence-corrected chi connectivity index (χ3v) is 5.39. The van der Waals surface area contributed by atoms with Crippen LogP contribution in [0.4, 0.5) is 0 Å². The fraction of sp³-hybridized carbons (Fsp3) is 0.500. The van der Waals surface area contributed by atoms with Crippen LogP contribution < -0.4 is 0 Å². The molecule has 0 N–H and O–H groups in total. The zero-order chi connectivity index (χ0) is 22.6. The third-order valence-electron chi connectivity index (χ3n) is 5.39. The van der Waals surface area contributed by atoms with Crippen LogP contribution in [-0.4, -0.2) is 36.2 Å². The summed E-state index contributed by atoms with van der Waals surface area (Å²) in [7, 11) is 0. The molecule has 6 nitrogen and oxygen atoms in total. The first-order chi connectivity index (χ1) is 14.0. The molecule has 2 atom stereocenters. The summed E-state index contributed by atoms with van der Waals surface area (Å²) in [6.07, 6.45) is 2.23. The summed E-state index contributed by atoms with van der Waals surface area (Å²) in [5, 5.41) is 0. The molecule has 0 saturated carbocycles. The van der Waals surface area contributed by atoms with Crippen molar-refractivity contribution in [2.75, 3.05) is 6.61 Å². The summed E-state index contributed by atoms with van der Waals surface area (Å²) in [5.74, 6) is -1.99. The molecule has 1 aromatic carbocycles. The van der Waals surface area contributed by atoms with Crippen molar-refractivity contribution in [3.05, 3.63) is 40.0 Å². The molecule has 6 heteroatoms. The first kappa shape index (κ1) is 23.5. The number of benzene rings is 1. The molecular formula is C24H30O6. The molecule has 0 spiro atoms.